The van der Waals surface area contributed by atoms with E-state index in [0.717, 1.165) is 11.5 Å². The summed E-state index contributed by atoms with van der Waals surface area (Å²) in [4.78, 5) is 13.6. The van der Waals surface area contributed by atoms with Crippen LogP contribution in [0.2, 0.25) is 0 Å². The van der Waals surface area contributed by atoms with Crippen molar-refractivity contribution < 1.29 is 9.21 Å². The summed E-state index contributed by atoms with van der Waals surface area (Å²) in [6, 6.07) is 3.69. The van der Waals surface area contributed by atoms with Gasteiger partial charge in [0.05, 0.1) is 0 Å². The van der Waals surface area contributed by atoms with E-state index < -0.39 is 0 Å². The average Bonchev–Trinajstić information content (AvgIpc) is 2.69. The van der Waals surface area contributed by atoms with Gasteiger partial charge in [0.2, 0.25) is 5.91 Å². The third-order valence-electron chi connectivity index (χ3n) is 3.01. The van der Waals surface area contributed by atoms with Crippen molar-refractivity contribution in [3.05, 3.63) is 23.7 Å². The highest BCUT2D eigenvalue weighted by molar-refractivity contribution is 5.80. The molecule has 2 rings (SSSR count). The van der Waals surface area contributed by atoms with Gasteiger partial charge in [0.1, 0.15) is 17.6 Å². The molecule has 0 spiro atoms. The first-order valence-corrected chi connectivity index (χ1v) is 5.63. The molecule has 1 fully saturated rings. The Labute approximate surface area is 95.4 Å². The fourth-order valence-electron chi connectivity index (χ4n) is 2.35. The van der Waals surface area contributed by atoms with Gasteiger partial charge in [0, 0.05) is 18.5 Å². The van der Waals surface area contributed by atoms with Gasteiger partial charge in [-0.3, -0.25) is 4.79 Å². The number of amides is 1. The van der Waals surface area contributed by atoms with Crippen LogP contribution in [-0.4, -0.2) is 22.9 Å². The summed E-state index contributed by atoms with van der Waals surface area (Å²) in [7, 11) is 0. The number of hydrogen-bond acceptors (Lipinski definition) is 3. The Bertz CT molecular complexity index is 397. The molecule has 0 aliphatic carbocycles. The largest absolute Gasteiger partial charge is 0.464 e. The maximum absolute atomic E-state index is 11.8. The zero-order chi connectivity index (χ0) is 11.9. The highest BCUT2D eigenvalue weighted by Gasteiger charge is 2.41. The van der Waals surface area contributed by atoms with Crippen LogP contribution in [0.4, 0.5) is 0 Å². The van der Waals surface area contributed by atoms with E-state index in [0.29, 0.717) is 6.42 Å². The van der Waals surface area contributed by atoms with Crippen LogP contribution in [0.15, 0.2) is 16.5 Å². The van der Waals surface area contributed by atoms with E-state index in [1.165, 1.54) is 0 Å². The smallest absolute Gasteiger partial charge is 0.225 e. The minimum Gasteiger partial charge on any atom is -0.464 e. The molecule has 4 nitrogen and oxygen atoms in total. The van der Waals surface area contributed by atoms with Crippen molar-refractivity contribution in [1.82, 2.24) is 4.90 Å². The molecule has 0 bridgehead atoms. The van der Waals surface area contributed by atoms with Crippen LogP contribution >= 0.6 is 0 Å². The lowest BCUT2D eigenvalue weighted by atomic mass is 10.1. The van der Waals surface area contributed by atoms with Gasteiger partial charge >= 0.3 is 0 Å². The van der Waals surface area contributed by atoms with Gasteiger partial charge in [-0.05, 0) is 32.9 Å². The second-order valence-corrected chi connectivity index (χ2v) is 4.66. The predicted octanol–water partition coefficient (Wildman–Crippen LogP) is 1.60. The number of hydrogen-bond donors (Lipinski definition) is 1. The van der Waals surface area contributed by atoms with Crippen LogP contribution in [0.25, 0.3) is 0 Å². The number of aryl methyl sites for hydroxylation is 1. The minimum atomic E-state index is -0.166. The third-order valence-corrected chi connectivity index (χ3v) is 3.01. The zero-order valence-electron chi connectivity index (χ0n) is 9.93. The maximum atomic E-state index is 11.8. The maximum Gasteiger partial charge on any atom is 0.225 e. The molecular formula is C12H18N2O2. The molecule has 2 atom stereocenters. The highest BCUT2D eigenvalue weighted by atomic mass is 16.3. The van der Waals surface area contributed by atoms with E-state index in [2.05, 4.69) is 0 Å². The van der Waals surface area contributed by atoms with Crippen molar-refractivity contribution in [2.75, 3.05) is 0 Å². The molecule has 1 aliphatic rings. The first-order valence-electron chi connectivity index (χ1n) is 5.63. The summed E-state index contributed by atoms with van der Waals surface area (Å²) in [6.07, 6.45) is 0.405. The summed E-state index contributed by atoms with van der Waals surface area (Å²) in [6.45, 7) is 5.89. The number of nitrogens with zero attached hydrogens (tertiary/aromatic N) is 1. The van der Waals surface area contributed by atoms with E-state index in [1.807, 2.05) is 37.8 Å². The molecule has 16 heavy (non-hydrogen) atoms. The fraction of sp³-hybridized carbons (Fsp3) is 0.583. The molecule has 4 heteroatoms. The van der Waals surface area contributed by atoms with E-state index in [4.69, 9.17) is 10.2 Å². The topological polar surface area (TPSA) is 59.5 Å². The molecule has 1 aromatic heterocycles. The van der Waals surface area contributed by atoms with Gasteiger partial charge < -0.3 is 15.1 Å². The Kier molecular flexibility index (Phi) is 2.76. The summed E-state index contributed by atoms with van der Waals surface area (Å²) < 4.78 is 5.59. The lowest BCUT2D eigenvalue weighted by Gasteiger charge is -2.28. The molecule has 2 N–H and O–H groups in total. The molecule has 0 radical (unpaired) electrons. The zero-order valence-corrected chi connectivity index (χ0v) is 9.93. The van der Waals surface area contributed by atoms with Crippen LogP contribution in [0, 0.1) is 6.92 Å². The quantitative estimate of drug-likeness (QED) is 0.826. The molecule has 0 unspecified atom stereocenters. The summed E-state index contributed by atoms with van der Waals surface area (Å²) >= 11 is 0. The monoisotopic (exact) mass is 222 g/mol. The SMILES string of the molecule is Cc1ccc([C@H]2[C@H](N)CC(=O)N2C(C)C)o1. The third kappa shape index (κ3) is 1.73. The molecule has 1 aliphatic heterocycles. The standard InChI is InChI=1S/C12H18N2O2/c1-7(2)14-11(15)6-9(13)12(14)10-5-4-8(3)16-10/h4-5,7,9,12H,6,13H2,1-3H3/t9-,12-/m1/s1. The normalized spacial score (nSPS) is 25.8. The number of carbonyl (C=O) groups excluding carboxylic acids is 1. The van der Waals surface area contributed by atoms with Gasteiger partial charge in [0.25, 0.3) is 0 Å². The first kappa shape index (κ1) is 11.2. The van der Waals surface area contributed by atoms with E-state index in [1.54, 1.807) is 0 Å². The van der Waals surface area contributed by atoms with Gasteiger partial charge in [-0.1, -0.05) is 0 Å². The van der Waals surface area contributed by atoms with E-state index in [-0.39, 0.29) is 24.0 Å². The molecule has 0 saturated carbocycles. The minimum absolute atomic E-state index is 0.110. The molecule has 0 aromatic carbocycles. The highest BCUT2D eigenvalue weighted by Crippen LogP contribution is 2.34. The van der Waals surface area contributed by atoms with Crippen LogP contribution in [0.3, 0.4) is 0 Å². The Morgan fingerprint density at radius 1 is 1.50 bits per heavy atom. The number of rotatable bonds is 2. The van der Waals surface area contributed by atoms with Crippen molar-refractivity contribution in [3.8, 4) is 0 Å². The average molecular weight is 222 g/mol. The Hall–Kier alpha value is -1.29. The number of likely N-dealkylation sites (tertiary alicyclic amines) is 1. The van der Waals surface area contributed by atoms with Crippen LogP contribution in [-0.2, 0) is 4.79 Å². The molecule has 88 valence electrons. The Morgan fingerprint density at radius 3 is 2.69 bits per heavy atom. The molecular weight excluding hydrogens is 204 g/mol. The van der Waals surface area contributed by atoms with Crippen molar-refractivity contribution >= 4 is 5.91 Å². The van der Waals surface area contributed by atoms with Crippen molar-refractivity contribution in [2.24, 2.45) is 5.73 Å². The number of carbonyl (C=O) groups is 1. The van der Waals surface area contributed by atoms with Crippen molar-refractivity contribution in [3.63, 3.8) is 0 Å². The second kappa shape index (κ2) is 3.94. The van der Waals surface area contributed by atoms with Gasteiger partial charge in [-0.15, -0.1) is 0 Å². The van der Waals surface area contributed by atoms with Crippen molar-refractivity contribution in [1.29, 1.82) is 0 Å². The molecule has 2 heterocycles. The molecule has 1 amide bonds. The van der Waals surface area contributed by atoms with E-state index in [9.17, 15) is 4.79 Å². The Balaban J connectivity index is 2.33. The van der Waals surface area contributed by atoms with Crippen molar-refractivity contribution in [2.45, 2.75) is 45.3 Å². The van der Waals surface area contributed by atoms with Crippen LogP contribution < -0.4 is 5.73 Å². The van der Waals surface area contributed by atoms with Gasteiger partial charge in [-0.25, -0.2) is 0 Å². The number of furan rings is 1. The van der Waals surface area contributed by atoms with E-state index >= 15 is 0 Å². The first-order chi connectivity index (χ1) is 7.50. The van der Waals surface area contributed by atoms with Crippen LogP contribution in [0.1, 0.15) is 37.8 Å². The van der Waals surface area contributed by atoms with Gasteiger partial charge in [-0.2, -0.15) is 0 Å². The Morgan fingerprint density at radius 2 is 2.19 bits per heavy atom. The lowest BCUT2D eigenvalue weighted by Crippen LogP contribution is -2.37. The summed E-state index contributed by atoms with van der Waals surface area (Å²) in [5, 5.41) is 0. The number of nitrogens with two attached hydrogens (primary N) is 1. The van der Waals surface area contributed by atoms with Crippen LogP contribution in [0.5, 0.6) is 0 Å². The second-order valence-electron chi connectivity index (χ2n) is 4.66. The predicted molar refractivity (Wildman–Crippen MR) is 60.8 cm³/mol. The summed E-state index contributed by atoms with van der Waals surface area (Å²) in [5.74, 6) is 1.76. The summed E-state index contributed by atoms with van der Waals surface area (Å²) in [5.41, 5.74) is 6.02. The molecule has 1 saturated heterocycles. The van der Waals surface area contributed by atoms with Gasteiger partial charge in [0.15, 0.2) is 0 Å². The molecule has 1 aromatic rings. The lowest BCUT2D eigenvalue weighted by molar-refractivity contribution is -0.130. The fourth-order valence-corrected chi connectivity index (χ4v) is 2.35.